The zero-order valence-electron chi connectivity index (χ0n) is 5.65. The second-order valence-corrected chi connectivity index (χ2v) is 2.32. The molecule has 0 aliphatic rings. The van der Waals surface area contributed by atoms with Gasteiger partial charge in [-0.25, -0.2) is 0 Å². The predicted octanol–water partition coefficient (Wildman–Crippen LogP) is 1.89. The molecule has 0 amide bonds. The zero-order chi connectivity index (χ0) is 5.86. The molecule has 0 saturated heterocycles. The average Bonchev–Trinajstić information content (AvgIpc) is 1.65. The molecule has 1 atom stereocenters. The fourth-order valence-electron chi connectivity index (χ4n) is 0.333. The first-order valence-electron chi connectivity index (χ1n) is 2.85. The van der Waals surface area contributed by atoms with Crippen molar-refractivity contribution >= 4 is 0 Å². The highest BCUT2D eigenvalue weighted by Crippen LogP contribution is 1.96. The summed E-state index contributed by atoms with van der Waals surface area (Å²) in [7, 11) is 1.99. The van der Waals surface area contributed by atoms with Gasteiger partial charge in [0, 0.05) is 6.04 Å². The van der Waals surface area contributed by atoms with Gasteiger partial charge < -0.3 is 5.32 Å². The molecular formula is C7H19N. The van der Waals surface area contributed by atoms with Crippen molar-refractivity contribution in [2.45, 2.75) is 34.2 Å². The lowest BCUT2D eigenvalue weighted by molar-refractivity contribution is 0.459. The van der Waals surface area contributed by atoms with Crippen LogP contribution in [0, 0.1) is 5.92 Å². The molecule has 1 nitrogen and oxygen atoms in total. The van der Waals surface area contributed by atoms with E-state index in [1.54, 1.807) is 0 Å². The second-order valence-electron chi connectivity index (χ2n) is 2.32. The summed E-state index contributed by atoms with van der Waals surface area (Å²) >= 11 is 0. The molecule has 0 bridgehead atoms. The van der Waals surface area contributed by atoms with Gasteiger partial charge in [0.05, 0.1) is 0 Å². The van der Waals surface area contributed by atoms with Crippen molar-refractivity contribution in [1.29, 1.82) is 0 Å². The van der Waals surface area contributed by atoms with E-state index in [0.717, 1.165) is 5.92 Å². The molecule has 0 heterocycles. The van der Waals surface area contributed by atoms with Crippen LogP contribution in [0.4, 0.5) is 0 Å². The van der Waals surface area contributed by atoms with Gasteiger partial charge in [-0.15, -0.1) is 0 Å². The van der Waals surface area contributed by atoms with E-state index in [4.69, 9.17) is 0 Å². The van der Waals surface area contributed by atoms with Crippen LogP contribution in [0.3, 0.4) is 0 Å². The minimum Gasteiger partial charge on any atom is -0.317 e. The monoisotopic (exact) mass is 117 g/mol. The van der Waals surface area contributed by atoms with Crippen LogP contribution in [-0.2, 0) is 0 Å². The van der Waals surface area contributed by atoms with E-state index in [1.807, 2.05) is 7.05 Å². The van der Waals surface area contributed by atoms with Crippen LogP contribution in [-0.4, -0.2) is 13.1 Å². The summed E-state index contributed by atoms with van der Waals surface area (Å²) < 4.78 is 0. The van der Waals surface area contributed by atoms with Crippen molar-refractivity contribution in [2.75, 3.05) is 7.05 Å². The lowest BCUT2D eigenvalue weighted by Crippen LogP contribution is -2.26. The maximum atomic E-state index is 3.16. The highest BCUT2D eigenvalue weighted by atomic mass is 14.9. The number of hydrogen-bond acceptors (Lipinski definition) is 1. The van der Waals surface area contributed by atoms with E-state index in [9.17, 15) is 0 Å². The fourth-order valence-corrected chi connectivity index (χ4v) is 0.333. The van der Waals surface area contributed by atoms with Crippen LogP contribution in [0.15, 0.2) is 0 Å². The van der Waals surface area contributed by atoms with E-state index in [2.05, 4.69) is 26.1 Å². The number of rotatable bonds is 2. The summed E-state index contributed by atoms with van der Waals surface area (Å²) in [6.45, 7) is 6.60. The topological polar surface area (TPSA) is 12.0 Å². The maximum Gasteiger partial charge on any atom is 0.00587 e. The normalized spacial score (nSPS) is 13.1. The molecule has 1 N–H and O–H groups in total. The highest BCUT2D eigenvalue weighted by Gasteiger charge is 2.00. The van der Waals surface area contributed by atoms with Crippen molar-refractivity contribution in [2.24, 2.45) is 5.92 Å². The predicted molar refractivity (Wildman–Crippen MR) is 40.1 cm³/mol. The van der Waals surface area contributed by atoms with Gasteiger partial charge in [-0.05, 0) is 19.9 Å². The van der Waals surface area contributed by atoms with Gasteiger partial charge >= 0.3 is 0 Å². The third-order valence-electron chi connectivity index (χ3n) is 1.46. The van der Waals surface area contributed by atoms with Crippen LogP contribution in [0.1, 0.15) is 28.2 Å². The lowest BCUT2D eigenvalue weighted by atomic mass is 10.1. The van der Waals surface area contributed by atoms with Crippen LogP contribution in [0.5, 0.6) is 0 Å². The third kappa shape index (κ3) is 4.13. The molecule has 0 radical (unpaired) electrons. The Morgan fingerprint density at radius 3 is 1.50 bits per heavy atom. The second kappa shape index (κ2) is 5.10. The summed E-state index contributed by atoms with van der Waals surface area (Å²) in [6.07, 6.45) is 0. The van der Waals surface area contributed by atoms with E-state index in [1.165, 1.54) is 0 Å². The fraction of sp³-hybridized carbons (Fsp3) is 1.00. The van der Waals surface area contributed by atoms with Crippen molar-refractivity contribution in [1.82, 2.24) is 5.32 Å². The summed E-state index contributed by atoms with van der Waals surface area (Å²) in [5, 5.41) is 3.16. The molecular weight excluding hydrogens is 98.1 g/mol. The molecule has 0 aliphatic heterocycles. The minimum absolute atomic E-state index is 0. The Kier molecular flexibility index (Phi) is 6.93. The summed E-state index contributed by atoms with van der Waals surface area (Å²) in [5.74, 6) is 0.755. The van der Waals surface area contributed by atoms with Crippen molar-refractivity contribution in [3.05, 3.63) is 0 Å². The molecule has 0 aromatic rings. The van der Waals surface area contributed by atoms with E-state index < -0.39 is 0 Å². The van der Waals surface area contributed by atoms with Gasteiger partial charge in [0.25, 0.3) is 0 Å². The Hall–Kier alpha value is -0.0400. The molecule has 0 saturated carbocycles. The first kappa shape index (κ1) is 10.9. The van der Waals surface area contributed by atoms with Crippen molar-refractivity contribution < 1.29 is 0 Å². The van der Waals surface area contributed by atoms with E-state index in [0.29, 0.717) is 6.04 Å². The molecule has 52 valence electrons. The standard InChI is InChI=1S/C6H15N.CH4/c1-5(2)6(3)7-4;/h5-7H,1-4H3;1H4. The molecule has 1 unspecified atom stereocenters. The highest BCUT2D eigenvalue weighted by molar-refractivity contribution is 4.59. The Balaban J connectivity index is 0. The summed E-state index contributed by atoms with van der Waals surface area (Å²) in [5.41, 5.74) is 0. The third-order valence-corrected chi connectivity index (χ3v) is 1.46. The molecule has 0 fully saturated rings. The van der Waals surface area contributed by atoms with Crippen LogP contribution in [0.25, 0.3) is 0 Å². The zero-order valence-corrected chi connectivity index (χ0v) is 5.65. The van der Waals surface area contributed by atoms with Crippen LogP contribution >= 0.6 is 0 Å². The van der Waals surface area contributed by atoms with Crippen molar-refractivity contribution in [3.8, 4) is 0 Å². The molecule has 8 heavy (non-hydrogen) atoms. The molecule has 0 aliphatic carbocycles. The first-order chi connectivity index (χ1) is 3.18. The van der Waals surface area contributed by atoms with Crippen molar-refractivity contribution in [3.63, 3.8) is 0 Å². The average molecular weight is 117 g/mol. The quantitative estimate of drug-likeness (QED) is 0.582. The van der Waals surface area contributed by atoms with Crippen LogP contribution in [0.2, 0.25) is 0 Å². The lowest BCUT2D eigenvalue weighted by Gasteiger charge is -2.12. The largest absolute Gasteiger partial charge is 0.317 e. The Morgan fingerprint density at radius 2 is 1.50 bits per heavy atom. The summed E-state index contributed by atoms with van der Waals surface area (Å²) in [4.78, 5) is 0. The maximum absolute atomic E-state index is 3.16. The van der Waals surface area contributed by atoms with Gasteiger partial charge in [-0.2, -0.15) is 0 Å². The summed E-state index contributed by atoms with van der Waals surface area (Å²) in [6, 6.07) is 0.653. The number of nitrogens with one attached hydrogen (secondary N) is 1. The van der Waals surface area contributed by atoms with Crippen LogP contribution < -0.4 is 5.32 Å². The molecule has 1 heteroatoms. The Morgan fingerprint density at radius 1 is 1.12 bits per heavy atom. The number of hydrogen-bond donors (Lipinski definition) is 1. The van der Waals surface area contributed by atoms with Gasteiger partial charge in [0.1, 0.15) is 0 Å². The molecule has 0 spiro atoms. The first-order valence-corrected chi connectivity index (χ1v) is 2.85. The molecule has 0 rings (SSSR count). The van der Waals surface area contributed by atoms with E-state index >= 15 is 0 Å². The van der Waals surface area contributed by atoms with Gasteiger partial charge in [0.2, 0.25) is 0 Å². The molecule has 0 aromatic heterocycles. The SMILES string of the molecule is C.CNC(C)C(C)C. The smallest absolute Gasteiger partial charge is 0.00587 e. The van der Waals surface area contributed by atoms with Gasteiger partial charge in [-0.3, -0.25) is 0 Å². The van der Waals surface area contributed by atoms with Gasteiger partial charge in [0.15, 0.2) is 0 Å². The minimum atomic E-state index is 0. The Labute approximate surface area is 53.5 Å². The Bertz CT molecular complexity index is 41.7. The molecule has 0 aromatic carbocycles. The van der Waals surface area contributed by atoms with E-state index in [-0.39, 0.29) is 7.43 Å². The van der Waals surface area contributed by atoms with Gasteiger partial charge in [-0.1, -0.05) is 21.3 Å².